The summed E-state index contributed by atoms with van der Waals surface area (Å²) >= 11 is 0. The van der Waals surface area contributed by atoms with Gasteiger partial charge >= 0.3 is 0 Å². The van der Waals surface area contributed by atoms with Gasteiger partial charge in [0.2, 0.25) is 23.8 Å². The zero-order valence-electron chi connectivity index (χ0n) is 25.6. The van der Waals surface area contributed by atoms with Crippen LogP contribution >= 0.6 is 0 Å². The summed E-state index contributed by atoms with van der Waals surface area (Å²) in [5.41, 5.74) is 0.138. The summed E-state index contributed by atoms with van der Waals surface area (Å²) in [6, 6.07) is 6.52. The predicted octanol–water partition coefficient (Wildman–Crippen LogP) is -0.235. The molecule has 0 bridgehead atoms. The number of hydrogen-bond donors (Lipinski definition) is 9. The summed E-state index contributed by atoms with van der Waals surface area (Å²) < 4.78 is 29.0. The fraction of sp³-hybridized carbons (Fsp3) is 0.469. The zero-order valence-corrected chi connectivity index (χ0v) is 25.6. The topological polar surface area (TPSA) is 249 Å². The Bertz CT molecular complexity index is 1660. The van der Waals surface area contributed by atoms with Crippen molar-refractivity contribution in [2.24, 2.45) is 0 Å². The maximum atomic E-state index is 14.2. The molecule has 0 radical (unpaired) electrons. The molecule has 2 aliphatic rings. The molecule has 15 nitrogen and oxygen atoms in total. The third kappa shape index (κ3) is 6.67. The third-order valence-electron chi connectivity index (χ3n) is 8.14. The van der Waals surface area contributed by atoms with Gasteiger partial charge in [-0.05, 0) is 51.5 Å². The fourth-order valence-electron chi connectivity index (χ4n) is 5.39. The molecule has 0 amide bonds. The van der Waals surface area contributed by atoms with E-state index in [0.29, 0.717) is 0 Å². The Hall–Kier alpha value is -3.77. The second kappa shape index (κ2) is 13.8. The molecule has 0 aliphatic carbocycles. The Morgan fingerprint density at radius 1 is 0.851 bits per heavy atom. The first-order chi connectivity index (χ1) is 22.2. The number of aliphatic hydroxyl groups excluding tert-OH is 7. The first kappa shape index (κ1) is 34.6. The lowest BCUT2D eigenvalue weighted by Gasteiger charge is -2.39. The molecule has 2 aromatic carbocycles. The van der Waals surface area contributed by atoms with E-state index in [9.17, 15) is 50.8 Å². The Kier molecular flexibility index (Phi) is 10.1. The van der Waals surface area contributed by atoms with E-state index in [1.54, 1.807) is 6.08 Å². The number of hydrogen-bond acceptors (Lipinski definition) is 15. The van der Waals surface area contributed by atoms with E-state index < -0.39 is 84.9 Å². The molecule has 3 aromatic rings. The van der Waals surface area contributed by atoms with Crippen molar-refractivity contribution in [2.45, 2.75) is 88.6 Å². The quantitative estimate of drug-likeness (QED) is 0.141. The minimum Gasteiger partial charge on any atom is -0.508 e. The Labute approximate surface area is 267 Å². The Balaban J connectivity index is 1.71. The van der Waals surface area contributed by atoms with Crippen LogP contribution in [0.2, 0.25) is 0 Å². The number of ether oxygens (including phenoxy) is 4. The van der Waals surface area contributed by atoms with Gasteiger partial charge in [-0.3, -0.25) is 4.79 Å². The monoisotopic (exact) mass is 662 g/mol. The summed E-state index contributed by atoms with van der Waals surface area (Å²) in [5.74, 6) is -1.66. The lowest BCUT2D eigenvalue weighted by Crippen LogP contribution is -2.60. The average Bonchev–Trinajstić information content (AvgIpc) is 3.03. The zero-order chi connectivity index (χ0) is 34.3. The smallest absolute Gasteiger partial charge is 0.239 e. The van der Waals surface area contributed by atoms with Gasteiger partial charge in [0.15, 0.2) is 5.76 Å². The van der Waals surface area contributed by atoms with Gasteiger partial charge in [0.05, 0.1) is 12.7 Å². The van der Waals surface area contributed by atoms with Crippen LogP contribution < -0.4 is 14.9 Å². The first-order valence-corrected chi connectivity index (χ1v) is 14.8. The molecule has 0 spiro atoms. The van der Waals surface area contributed by atoms with Crippen LogP contribution in [0.5, 0.6) is 23.0 Å². The summed E-state index contributed by atoms with van der Waals surface area (Å²) in [4.78, 5) is 14.2. The van der Waals surface area contributed by atoms with E-state index >= 15 is 0 Å². The second-order valence-electron chi connectivity index (χ2n) is 11.8. The van der Waals surface area contributed by atoms with Gasteiger partial charge in [0.25, 0.3) is 0 Å². The number of rotatable bonds is 8. The lowest BCUT2D eigenvalue weighted by atomic mass is 9.99. The van der Waals surface area contributed by atoms with Crippen molar-refractivity contribution in [1.29, 1.82) is 0 Å². The van der Waals surface area contributed by atoms with Crippen LogP contribution in [0.1, 0.15) is 26.3 Å². The van der Waals surface area contributed by atoms with E-state index in [1.807, 2.05) is 13.8 Å². The van der Waals surface area contributed by atoms with Crippen LogP contribution in [0.4, 0.5) is 0 Å². The van der Waals surface area contributed by atoms with E-state index in [-0.39, 0.29) is 45.8 Å². The molecule has 256 valence electrons. The van der Waals surface area contributed by atoms with Crippen molar-refractivity contribution in [1.82, 2.24) is 0 Å². The predicted molar refractivity (Wildman–Crippen MR) is 162 cm³/mol. The molecule has 15 heteroatoms. The van der Waals surface area contributed by atoms with Crippen molar-refractivity contribution in [3.63, 3.8) is 0 Å². The van der Waals surface area contributed by atoms with Crippen LogP contribution in [0, 0.1) is 0 Å². The maximum absolute atomic E-state index is 14.2. The van der Waals surface area contributed by atoms with Crippen LogP contribution in [0.15, 0.2) is 51.2 Å². The first-order valence-electron chi connectivity index (χ1n) is 14.8. The second-order valence-corrected chi connectivity index (χ2v) is 11.8. The largest absolute Gasteiger partial charge is 0.508 e. The van der Waals surface area contributed by atoms with Crippen molar-refractivity contribution < 1.29 is 69.3 Å². The lowest BCUT2D eigenvalue weighted by molar-refractivity contribution is -0.277. The molecule has 3 heterocycles. The maximum Gasteiger partial charge on any atom is 0.239 e. The highest BCUT2D eigenvalue weighted by Crippen LogP contribution is 2.41. The van der Waals surface area contributed by atoms with Gasteiger partial charge in [-0.25, -0.2) is 0 Å². The molecule has 0 unspecified atom stereocenters. The minimum absolute atomic E-state index is 0.0517. The highest BCUT2D eigenvalue weighted by Gasteiger charge is 2.46. The molecule has 10 atom stereocenters. The van der Waals surface area contributed by atoms with E-state index in [0.717, 1.165) is 11.6 Å². The number of phenolic OH excluding ortho intramolecular Hbond substituents is 2. The van der Waals surface area contributed by atoms with Gasteiger partial charge in [0.1, 0.15) is 70.9 Å². The van der Waals surface area contributed by atoms with Gasteiger partial charge in [-0.2, -0.15) is 0 Å². The molecule has 9 N–H and O–H groups in total. The van der Waals surface area contributed by atoms with Crippen LogP contribution in [-0.2, 0) is 15.9 Å². The Morgan fingerprint density at radius 3 is 2.09 bits per heavy atom. The van der Waals surface area contributed by atoms with E-state index in [2.05, 4.69) is 0 Å². The molecular formula is C32H38O15. The summed E-state index contributed by atoms with van der Waals surface area (Å²) in [7, 11) is 0. The van der Waals surface area contributed by atoms with Gasteiger partial charge in [0, 0.05) is 17.2 Å². The molecule has 2 fully saturated rings. The standard InChI is InChI=1S/C32H38O15/c1-12(2)4-9-16-18(44-32-27(42)25(40)22(37)19(11-33)45-32)10-17(35)20-23(38)30(47-31-26(41)24(39)21(36)13(3)43-31)28(46-29(16)20)14-5-7-15(34)8-6-14/h4-8,10,13,19,21-22,24-27,31-37,39-42H,9,11H2,1-3H3/t13-,19+,21-,22+,24+,25-,26+,27+,31+,32+/m0/s1. The molecule has 1 aromatic heterocycles. The highest BCUT2D eigenvalue weighted by atomic mass is 16.7. The number of aromatic hydroxyl groups is 2. The highest BCUT2D eigenvalue weighted by molar-refractivity contribution is 5.91. The molecule has 0 saturated carbocycles. The average molecular weight is 663 g/mol. The van der Waals surface area contributed by atoms with Crippen LogP contribution in [-0.4, -0.2) is 114 Å². The van der Waals surface area contributed by atoms with Crippen molar-refractivity contribution >= 4 is 11.0 Å². The van der Waals surface area contributed by atoms with Crippen molar-refractivity contribution in [3.05, 3.63) is 57.8 Å². The minimum atomic E-state index is -1.79. The number of phenols is 2. The van der Waals surface area contributed by atoms with Gasteiger partial charge in [-0.15, -0.1) is 0 Å². The molecule has 47 heavy (non-hydrogen) atoms. The van der Waals surface area contributed by atoms with Crippen molar-refractivity contribution in [2.75, 3.05) is 6.61 Å². The van der Waals surface area contributed by atoms with Gasteiger partial charge < -0.3 is 69.3 Å². The normalized spacial score (nSPS) is 31.0. The summed E-state index contributed by atoms with van der Waals surface area (Å²) in [5, 5.41) is 92.5. The van der Waals surface area contributed by atoms with E-state index in [1.165, 1.54) is 31.2 Å². The number of allylic oxidation sites excluding steroid dienone is 2. The third-order valence-corrected chi connectivity index (χ3v) is 8.14. The van der Waals surface area contributed by atoms with Crippen LogP contribution in [0.3, 0.4) is 0 Å². The number of benzene rings is 2. The fourth-order valence-corrected chi connectivity index (χ4v) is 5.39. The summed E-state index contributed by atoms with van der Waals surface area (Å²) in [6.45, 7) is 4.34. The van der Waals surface area contributed by atoms with Gasteiger partial charge in [-0.1, -0.05) is 11.6 Å². The Morgan fingerprint density at radius 2 is 1.47 bits per heavy atom. The van der Waals surface area contributed by atoms with E-state index in [4.69, 9.17) is 23.4 Å². The van der Waals surface area contributed by atoms with Crippen molar-refractivity contribution in [3.8, 4) is 34.3 Å². The SMILES string of the molecule is CC(C)=CCc1c(O[C@@H]2O[C@H](CO)[C@@H](O)[C@H](O)[C@H]2O)cc(O)c2c(=O)c(O[C@H]3O[C@@H](C)[C@H](O)[C@@H](O)[C@H]3O)c(-c3ccc(O)cc3)oc12. The number of fused-ring (bicyclic) bond motifs is 1. The molecule has 2 saturated heterocycles. The van der Waals surface area contributed by atoms with Crippen LogP contribution in [0.25, 0.3) is 22.3 Å². The summed E-state index contributed by atoms with van der Waals surface area (Å²) in [6.07, 6.45) is -13.9. The molecule has 2 aliphatic heterocycles. The number of aliphatic hydroxyl groups is 7. The molecular weight excluding hydrogens is 624 g/mol. The molecule has 5 rings (SSSR count).